The lowest BCUT2D eigenvalue weighted by molar-refractivity contribution is 0.0587. The van der Waals surface area contributed by atoms with E-state index in [0.29, 0.717) is 18.8 Å². The Morgan fingerprint density at radius 1 is 1.10 bits per heavy atom. The van der Waals surface area contributed by atoms with Crippen LogP contribution in [0.3, 0.4) is 0 Å². The van der Waals surface area contributed by atoms with Crippen molar-refractivity contribution in [2.75, 3.05) is 13.1 Å². The van der Waals surface area contributed by atoms with Crippen LogP contribution in [0.2, 0.25) is 0 Å². The first-order chi connectivity index (χ1) is 10.3. The molecule has 104 valence electrons. The number of hydrogen-bond acceptors (Lipinski definition) is 4. The Bertz CT molecular complexity index is 792. The SMILES string of the molecule is O=C(c1ccccn1)N1CC(c2nnc3ccccn23)C1. The number of amides is 1. The van der Waals surface area contributed by atoms with E-state index >= 15 is 0 Å². The average molecular weight is 279 g/mol. The fraction of sp³-hybridized carbons (Fsp3) is 0.200. The predicted molar refractivity (Wildman–Crippen MR) is 75.9 cm³/mol. The van der Waals surface area contributed by atoms with Crippen LogP contribution in [0.1, 0.15) is 22.2 Å². The molecule has 0 N–H and O–H groups in total. The molecule has 21 heavy (non-hydrogen) atoms. The molecule has 6 nitrogen and oxygen atoms in total. The van der Waals surface area contributed by atoms with Crippen LogP contribution in [0.25, 0.3) is 5.65 Å². The molecule has 0 atom stereocenters. The summed E-state index contributed by atoms with van der Waals surface area (Å²) in [6.45, 7) is 1.32. The molecule has 0 aliphatic carbocycles. The molecule has 1 saturated heterocycles. The standard InChI is InChI=1S/C15H13N5O/c21-15(12-5-1-3-7-16-12)19-9-11(10-19)14-18-17-13-6-2-4-8-20(13)14/h1-8,11H,9-10H2. The summed E-state index contributed by atoms with van der Waals surface area (Å²) in [6.07, 6.45) is 3.59. The summed E-state index contributed by atoms with van der Waals surface area (Å²) in [7, 11) is 0. The van der Waals surface area contributed by atoms with Gasteiger partial charge < -0.3 is 4.90 Å². The molecule has 3 aromatic heterocycles. The van der Waals surface area contributed by atoms with Gasteiger partial charge in [0.2, 0.25) is 0 Å². The Morgan fingerprint density at radius 3 is 2.76 bits per heavy atom. The third-order valence-corrected chi connectivity index (χ3v) is 3.76. The van der Waals surface area contributed by atoms with Crippen LogP contribution < -0.4 is 0 Å². The average Bonchev–Trinajstić information content (AvgIpc) is 2.91. The Hall–Kier alpha value is -2.76. The fourth-order valence-electron chi connectivity index (χ4n) is 2.60. The van der Waals surface area contributed by atoms with Gasteiger partial charge in [0.05, 0.1) is 5.92 Å². The lowest BCUT2D eigenvalue weighted by atomic mass is 9.98. The third-order valence-electron chi connectivity index (χ3n) is 3.76. The molecular weight excluding hydrogens is 266 g/mol. The number of fused-ring (bicyclic) bond motifs is 1. The van der Waals surface area contributed by atoms with Crippen molar-refractivity contribution in [3.05, 3.63) is 60.3 Å². The van der Waals surface area contributed by atoms with E-state index in [0.717, 1.165) is 11.5 Å². The number of likely N-dealkylation sites (tertiary alicyclic amines) is 1. The third kappa shape index (κ3) is 1.96. The molecule has 4 rings (SSSR count). The summed E-state index contributed by atoms with van der Waals surface area (Å²) in [4.78, 5) is 18.1. The molecule has 1 amide bonds. The van der Waals surface area contributed by atoms with E-state index in [1.807, 2.05) is 34.9 Å². The van der Waals surface area contributed by atoms with Gasteiger partial charge in [-0.3, -0.25) is 14.2 Å². The van der Waals surface area contributed by atoms with Gasteiger partial charge in [0, 0.05) is 25.5 Å². The number of hydrogen-bond donors (Lipinski definition) is 0. The highest BCUT2D eigenvalue weighted by molar-refractivity contribution is 5.92. The maximum atomic E-state index is 12.2. The molecular formula is C15H13N5O. The second kappa shape index (κ2) is 4.66. The minimum absolute atomic E-state index is 0.0272. The normalized spacial score (nSPS) is 15.1. The first-order valence-electron chi connectivity index (χ1n) is 6.83. The summed E-state index contributed by atoms with van der Waals surface area (Å²) < 4.78 is 1.98. The zero-order valence-corrected chi connectivity index (χ0v) is 11.3. The first-order valence-corrected chi connectivity index (χ1v) is 6.83. The van der Waals surface area contributed by atoms with Crippen molar-refractivity contribution >= 4 is 11.6 Å². The lowest BCUT2D eigenvalue weighted by Crippen LogP contribution is -2.49. The molecule has 0 saturated carbocycles. The molecule has 1 aliphatic rings. The van der Waals surface area contributed by atoms with E-state index in [4.69, 9.17) is 0 Å². The van der Waals surface area contributed by atoms with Crippen molar-refractivity contribution in [1.29, 1.82) is 0 Å². The number of carbonyl (C=O) groups is 1. The van der Waals surface area contributed by atoms with Crippen molar-refractivity contribution in [2.24, 2.45) is 0 Å². The molecule has 1 aliphatic heterocycles. The summed E-state index contributed by atoms with van der Waals surface area (Å²) >= 11 is 0. The van der Waals surface area contributed by atoms with Crippen molar-refractivity contribution in [1.82, 2.24) is 24.5 Å². The zero-order valence-electron chi connectivity index (χ0n) is 11.3. The maximum Gasteiger partial charge on any atom is 0.272 e. The largest absolute Gasteiger partial charge is 0.336 e. The quantitative estimate of drug-likeness (QED) is 0.710. The van der Waals surface area contributed by atoms with Gasteiger partial charge in [-0.15, -0.1) is 10.2 Å². The Morgan fingerprint density at radius 2 is 1.95 bits per heavy atom. The van der Waals surface area contributed by atoms with Crippen LogP contribution in [-0.2, 0) is 0 Å². The molecule has 1 fully saturated rings. The van der Waals surface area contributed by atoms with Gasteiger partial charge in [-0.2, -0.15) is 0 Å². The predicted octanol–water partition coefficient (Wildman–Crippen LogP) is 1.36. The van der Waals surface area contributed by atoms with E-state index in [9.17, 15) is 4.79 Å². The number of pyridine rings is 2. The van der Waals surface area contributed by atoms with Crippen LogP contribution in [0.5, 0.6) is 0 Å². The molecule has 4 heterocycles. The number of rotatable bonds is 2. The van der Waals surface area contributed by atoms with Crippen molar-refractivity contribution < 1.29 is 4.79 Å². The highest BCUT2D eigenvalue weighted by Crippen LogP contribution is 2.27. The second-order valence-corrected chi connectivity index (χ2v) is 5.11. The smallest absolute Gasteiger partial charge is 0.272 e. The van der Waals surface area contributed by atoms with Crippen LogP contribution >= 0.6 is 0 Å². The fourth-order valence-corrected chi connectivity index (χ4v) is 2.60. The number of carbonyl (C=O) groups excluding carboxylic acids is 1. The molecule has 0 bridgehead atoms. The van der Waals surface area contributed by atoms with E-state index in [1.165, 1.54) is 0 Å². The highest BCUT2D eigenvalue weighted by Gasteiger charge is 2.35. The minimum Gasteiger partial charge on any atom is -0.336 e. The molecule has 3 aromatic rings. The summed E-state index contributed by atoms with van der Waals surface area (Å²) in [5.41, 5.74) is 1.32. The molecule has 0 unspecified atom stereocenters. The number of nitrogens with zero attached hydrogens (tertiary/aromatic N) is 5. The van der Waals surface area contributed by atoms with Crippen LogP contribution in [0.4, 0.5) is 0 Å². The van der Waals surface area contributed by atoms with Gasteiger partial charge in [-0.1, -0.05) is 12.1 Å². The van der Waals surface area contributed by atoms with Gasteiger partial charge in [0.15, 0.2) is 5.65 Å². The van der Waals surface area contributed by atoms with Crippen molar-refractivity contribution in [3.63, 3.8) is 0 Å². The van der Waals surface area contributed by atoms with E-state index in [2.05, 4.69) is 15.2 Å². The van der Waals surface area contributed by atoms with E-state index in [1.54, 1.807) is 23.2 Å². The first kappa shape index (κ1) is 12.0. The Balaban J connectivity index is 1.51. The zero-order chi connectivity index (χ0) is 14.2. The lowest BCUT2D eigenvalue weighted by Gasteiger charge is -2.37. The maximum absolute atomic E-state index is 12.2. The van der Waals surface area contributed by atoms with Crippen LogP contribution in [-0.4, -0.2) is 43.5 Å². The monoisotopic (exact) mass is 279 g/mol. The van der Waals surface area contributed by atoms with Gasteiger partial charge in [-0.25, -0.2) is 0 Å². The molecule has 0 aromatic carbocycles. The van der Waals surface area contributed by atoms with Crippen LogP contribution in [0, 0.1) is 0 Å². The summed E-state index contributed by atoms with van der Waals surface area (Å²) in [6, 6.07) is 11.2. The van der Waals surface area contributed by atoms with Crippen molar-refractivity contribution in [3.8, 4) is 0 Å². The minimum atomic E-state index is -0.0272. The Labute approximate surface area is 121 Å². The topological polar surface area (TPSA) is 63.4 Å². The highest BCUT2D eigenvalue weighted by atomic mass is 16.2. The second-order valence-electron chi connectivity index (χ2n) is 5.11. The van der Waals surface area contributed by atoms with Gasteiger partial charge in [0.25, 0.3) is 5.91 Å². The molecule has 0 radical (unpaired) electrons. The number of aromatic nitrogens is 4. The summed E-state index contributed by atoms with van der Waals surface area (Å²) in [5, 5.41) is 8.39. The van der Waals surface area contributed by atoms with Gasteiger partial charge in [0.1, 0.15) is 11.5 Å². The Kier molecular flexibility index (Phi) is 2.67. The van der Waals surface area contributed by atoms with E-state index in [-0.39, 0.29) is 11.8 Å². The van der Waals surface area contributed by atoms with Crippen LogP contribution in [0.15, 0.2) is 48.8 Å². The molecule has 0 spiro atoms. The molecule has 6 heteroatoms. The van der Waals surface area contributed by atoms with Gasteiger partial charge >= 0.3 is 0 Å². The van der Waals surface area contributed by atoms with Gasteiger partial charge in [-0.05, 0) is 24.3 Å². The van der Waals surface area contributed by atoms with E-state index < -0.39 is 0 Å². The summed E-state index contributed by atoms with van der Waals surface area (Å²) in [5.74, 6) is 1.12. The van der Waals surface area contributed by atoms with Crippen molar-refractivity contribution in [2.45, 2.75) is 5.92 Å².